The largest absolute Gasteiger partial charge is 0.383 e. The highest BCUT2D eigenvalue weighted by molar-refractivity contribution is 5.77. The number of ether oxygens (including phenoxy) is 1. The third kappa shape index (κ3) is 5.93. The van der Waals surface area contributed by atoms with E-state index in [9.17, 15) is 4.79 Å². The van der Waals surface area contributed by atoms with Crippen LogP contribution in [0.4, 0.5) is 0 Å². The molecule has 0 radical (unpaired) electrons. The Hall–Kier alpha value is -0.650. The fourth-order valence-corrected chi connectivity index (χ4v) is 3.00. The fourth-order valence-electron chi connectivity index (χ4n) is 3.00. The molecule has 5 nitrogen and oxygen atoms in total. The van der Waals surface area contributed by atoms with E-state index in [2.05, 4.69) is 18.7 Å². The monoisotopic (exact) mass is 299 g/mol. The van der Waals surface area contributed by atoms with Crippen molar-refractivity contribution >= 4 is 5.91 Å². The molecule has 1 fully saturated rings. The van der Waals surface area contributed by atoms with Crippen molar-refractivity contribution in [3.8, 4) is 0 Å². The minimum Gasteiger partial charge on any atom is -0.383 e. The van der Waals surface area contributed by atoms with Crippen LogP contribution in [0.1, 0.15) is 46.0 Å². The van der Waals surface area contributed by atoms with Gasteiger partial charge in [-0.3, -0.25) is 9.69 Å². The Morgan fingerprint density at radius 2 is 2.00 bits per heavy atom. The van der Waals surface area contributed by atoms with Gasteiger partial charge >= 0.3 is 0 Å². The zero-order chi connectivity index (χ0) is 15.7. The molecule has 0 aliphatic carbocycles. The van der Waals surface area contributed by atoms with E-state index >= 15 is 0 Å². The van der Waals surface area contributed by atoms with Crippen LogP contribution in [-0.2, 0) is 9.53 Å². The van der Waals surface area contributed by atoms with Gasteiger partial charge in [0.15, 0.2) is 0 Å². The fraction of sp³-hybridized carbons (Fsp3) is 0.938. The van der Waals surface area contributed by atoms with E-state index in [0.29, 0.717) is 25.6 Å². The Kier molecular flexibility index (Phi) is 8.88. The summed E-state index contributed by atoms with van der Waals surface area (Å²) >= 11 is 0. The van der Waals surface area contributed by atoms with Gasteiger partial charge in [0.25, 0.3) is 0 Å². The van der Waals surface area contributed by atoms with Crippen molar-refractivity contribution in [2.45, 2.75) is 58.0 Å². The van der Waals surface area contributed by atoms with E-state index in [1.54, 1.807) is 7.11 Å². The molecule has 0 bridgehead atoms. The van der Waals surface area contributed by atoms with Gasteiger partial charge in [-0.15, -0.1) is 0 Å². The van der Waals surface area contributed by atoms with Crippen LogP contribution < -0.4 is 5.73 Å². The first kappa shape index (κ1) is 18.4. The smallest absolute Gasteiger partial charge is 0.224 e. The maximum Gasteiger partial charge on any atom is 0.224 e. The highest BCUT2D eigenvalue weighted by atomic mass is 16.5. The zero-order valence-corrected chi connectivity index (χ0v) is 14.0. The summed E-state index contributed by atoms with van der Waals surface area (Å²) in [4.78, 5) is 16.8. The number of likely N-dealkylation sites (tertiary alicyclic amines) is 1. The molecule has 0 aromatic rings. The Bertz CT molecular complexity index is 293. The molecule has 2 atom stereocenters. The molecular formula is C16H33N3O2. The number of hydrogen-bond acceptors (Lipinski definition) is 4. The van der Waals surface area contributed by atoms with Crippen LogP contribution in [0.25, 0.3) is 0 Å². The predicted molar refractivity (Wildman–Crippen MR) is 86.2 cm³/mol. The summed E-state index contributed by atoms with van der Waals surface area (Å²) < 4.78 is 5.21. The molecule has 1 saturated heterocycles. The third-order valence-corrected chi connectivity index (χ3v) is 4.57. The summed E-state index contributed by atoms with van der Waals surface area (Å²) in [5.74, 6) is 0.260. The number of piperidine rings is 1. The van der Waals surface area contributed by atoms with Crippen LogP contribution in [0.3, 0.4) is 0 Å². The lowest BCUT2D eigenvalue weighted by molar-refractivity contribution is -0.133. The van der Waals surface area contributed by atoms with Crippen LogP contribution in [-0.4, -0.2) is 67.7 Å². The van der Waals surface area contributed by atoms with Gasteiger partial charge in [0, 0.05) is 51.8 Å². The lowest BCUT2D eigenvalue weighted by Gasteiger charge is -2.36. The Morgan fingerprint density at radius 1 is 1.33 bits per heavy atom. The minimum atomic E-state index is 0.115. The van der Waals surface area contributed by atoms with Gasteiger partial charge in [-0.05, 0) is 32.6 Å². The molecule has 0 saturated carbocycles. The molecule has 21 heavy (non-hydrogen) atoms. The van der Waals surface area contributed by atoms with Gasteiger partial charge in [-0.1, -0.05) is 6.92 Å². The van der Waals surface area contributed by atoms with Crippen LogP contribution >= 0.6 is 0 Å². The first-order valence-electron chi connectivity index (χ1n) is 8.36. The summed E-state index contributed by atoms with van der Waals surface area (Å²) in [6.45, 7) is 8.23. The number of carbonyl (C=O) groups is 1. The number of methoxy groups -OCH3 is 1. The Morgan fingerprint density at radius 3 is 2.52 bits per heavy atom. The number of amides is 1. The predicted octanol–water partition coefficient (Wildman–Crippen LogP) is 1.46. The zero-order valence-electron chi connectivity index (χ0n) is 14.0. The van der Waals surface area contributed by atoms with E-state index in [1.165, 1.54) is 6.42 Å². The maximum absolute atomic E-state index is 12.5. The molecule has 1 aliphatic rings. The number of hydrogen-bond donors (Lipinski definition) is 1. The molecular weight excluding hydrogens is 266 g/mol. The van der Waals surface area contributed by atoms with Crippen molar-refractivity contribution in [3.05, 3.63) is 0 Å². The van der Waals surface area contributed by atoms with Gasteiger partial charge in [-0.25, -0.2) is 0 Å². The first-order valence-corrected chi connectivity index (χ1v) is 8.36. The average Bonchev–Trinajstić information content (AvgIpc) is 2.54. The van der Waals surface area contributed by atoms with Gasteiger partial charge in [0.1, 0.15) is 0 Å². The third-order valence-electron chi connectivity index (χ3n) is 4.57. The number of nitrogens with two attached hydrogens (primary N) is 1. The molecule has 0 aromatic carbocycles. The molecule has 0 spiro atoms. The van der Waals surface area contributed by atoms with Crippen LogP contribution in [0.15, 0.2) is 0 Å². The highest BCUT2D eigenvalue weighted by Crippen LogP contribution is 2.15. The van der Waals surface area contributed by atoms with Crippen molar-refractivity contribution < 1.29 is 9.53 Å². The van der Waals surface area contributed by atoms with E-state index in [0.717, 1.165) is 38.9 Å². The summed E-state index contributed by atoms with van der Waals surface area (Å²) in [7, 11) is 1.71. The van der Waals surface area contributed by atoms with Crippen LogP contribution in [0.5, 0.6) is 0 Å². The van der Waals surface area contributed by atoms with Gasteiger partial charge in [0.2, 0.25) is 5.91 Å². The average molecular weight is 299 g/mol. The van der Waals surface area contributed by atoms with Crippen molar-refractivity contribution in [1.29, 1.82) is 0 Å². The van der Waals surface area contributed by atoms with Crippen molar-refractivity contribution in [2.75, 3.05) is 39.9 Å². The molecule has 0 aromatic heterocycles. The van der Waals surface area contributed by atoms with Gasteiger partial charge < -0.3 is 15.4 Å². The number of rotatable bonds is 9. The van der Waals surface area contributed by atoms with E-state index in [1.807, 2.05) is 4.90 Å². The molecule has 2 N–H and O–H groups in total. The molecule has 2 unspecified atom stereocenters. The highest BCUT2D eigenvalue weighted by Gasteiger charge is 2.26. The second kappa shape index (κ2) is 10.1. The number of nitrogens with zero attached hydrogens (tertiary/aromatic N) is 2. The topological polar surface area (TPSA) is 58.8 Å². The van der Waals surface area contributed by atoms with Crippen LogP contribution in [0.2, 0.25) is 0 Å². The lowest BCUT2D eigenvalue weighted by Crippen LogP contribution is -2.50. The summed E-state index contributed by atoms with van der Waals surface area (Å²) in [5, 5.41) is 0. The lowest BCUT2D eigenvalue weighted by atomic mass is 10.1. The van der Waals surface area contributed by atoms with E-state index in [4.69, 9.17) is 10.5 Å². The van der Waals surface area contributed by atoms with E-state index < -0.39 is 0 Å². The van der Waals surface area contributed by atoms with Crippen LogP contribution in [0, 0.1) is 0 Å². The van der Waals surface area contributed by atoms with E-state index in [-0.39, 0.29) is 11.9 Å². The van der Waals surface area contributed by atoms with Gasteiger partial charge in [-0.2, -0.15) is 0 Å². The molecule has 1 rings (SSSR count). The Balaban J connectivity index is 2.61. The quantitative estimate of drug-likeness (QED) is 0.700. The van der Waals surface area contributed by atoms with Crippen molar-refractivity contribution in [1.82, 2.24) is 9.80 Å². The molecule has 5 heteroatoms. The SMILES string of the molecule is CCC(C)N(CCOC)C(CN)CC(=O)N1CCCCC1. The minimum absolute atomic E-state index is 0.115. The second-order valence-corrected chi connectivity index (χ2v) is 6.02. The summed E-state index contributed by atoms with van der Waals surface area (Å²) in [6, 6.07) is 0.535. The van der Waals surface area contributed by atoms with Crippen molar-refractivity contribution in [2.24, 2.45) is 5.73 Å². The van der Waals surface area contributed by atoms with Gasteiger partial charge in [0.05, 0.1) is 6.61 Å². The normalized spacial score (nSPS) is 18.8. The summed E-state index contributed by atoms with van der Waals surface area (Å²) in [5.41, 5.74) is 5.96. The Labute approximate surface area is 129 Å². The molecule has 1 aliphatic heterocycles. The first-order chi connectivity index (χ1) is 10.1. The molecule has 1 amide bonds. The summed E-state index contributed by atoms with van der Waals surface area (Å²) in [6.07, 6.45) is 5.11. The standard InChI is InChI=1S/C16H33N3O2/c1-4-14(2)19(10-11-21-3)15(13-17)12-16(20)18-8-6-5-7-9-18/h14-15H,4-13,17H2,1-3H3. The number of carbonyl (C=O) groups excluding carboxylic acids is 1. The molecule has 1 heterocycles. The molecule has 124 valence electrons. The van der Waals surface area contributed by atoms with Crippen molar-refractivity contribution in [3.63, 3.8) is 0 Å². The second-order valence-electron chi connectivity index (χ2n) is 6.02. The maximum atomic E-state index is 12.5.